The number of hydrogen-bond donors (Lipinski definition) is 0. The van der Waals surface area contributed by atoms with E-state index in [1.807, 2.05) is 0 Å². The minimum Gasteiger partial charge on any atom is -0.308 e. The van der Waals surface area contributed by atoms with Gasteiger partial charge in [-0.1, -0.05) is 129 Å². The van der Waals surface area contributed by atoms with E-state index in [4.69, 9.17) is 0 Å². The zero-order chi connectivity index (χ0) is 41.9. The van der Waals surface area contributed by atoms with E-state index in [9.17, 15) is 0 Å². The summed E-state index contributed by atoms with van der Waals surface area (Å²) >= 11 is 0. The average molecular weight is 790 g/mol. The predicted molar refractivity (Wildman–Crippen MR) is 264 cm³/mol. The van der Waals surface area contributed by atoms with E-state index in [0.717, 1.165) is 11.4 Å². The summed E-state index contributed by atoms with van der Waals surface area (Å²) in [7, 11) is 0. The number of aromatic nitrogens is 2. The summed E-state index contributed by atoms with van der Waals surface area (Å²) in [5.74, 6) is 0. The molecule has 298 valence electrons. The summed E-state index contributed by atoms with van der Waals surface area (Å²) in [5.41, 5.74) is 15.0. The first kappa shape index (κ1) is 36.3. The summed E-state index contributed by atoms with van der Waals surface area (Å²) < 4.78 is 5.21. The molecule has 3 nitrogen and oxygen atoms in total. The second-order valence-corrected chi connectivity index (χ2v) is 20.7. The Morgan fingerprint density at radius 2 is 0.787 bits per heavy atom. The van der Waals surface area contributed by atoms with E-state index in [2.05, 4.69) is 222 Å². The molecule has 12 aromatic rings. The summed E-state index contributed by atoms with van der Waals surface area (Å²) in [5, 5.41) is 13.1. The van der Waals surface area contributed by atoms with Crippen LogP contribution in [0.4, 0.5) is 17.1 Å². The molecule has 0 fully saturated rings. The molecule has 0 radical (unpaired) electrons. The molecule has 4 heterocycles. The van der Waals surface area contributed by atoms with Crippen LogP contribution in [0.2, 0.25) is 0 Å². The number of anilines is 3. The van der Waals surface area contributed by atoms with Crippen molar-refractivity contribution >= 4 is 104 Å². The third-order valence-corrected chi connectivity index (χ3v) is 13.7. The number of para-hydroxylation sites is 2. The largest absolute Gasteiger partial charge is 0.308 e. The third kappa shape index (κ3) is 5.04. The van der Waals surface area contributed by atoms with Gasteiger partial charge in [0.05, 0.1) is 38.8 Å². The maximum Gasteiger partial charge on any atom is 0.0783 e. The van der Waals surface area contributed by atoms with Crippen LogP contribution in [0.5, 0.6) is 0 Å². The fraction of sp³-hybridized carbons (Fsp3) is 0.207. The van der Waals surface area contributed by atoms with E-state index in [1.165, 1.54) is 109 Å². The first-order valence-corrected chi connectivity index (χ1v) is 21.9. The normalized spacial score (nSPS) is 13.3. The fourth-order valence-corrected chi connectivity index (χ4v) is 10.5. The molecule has 0 saturated carbocycles. The van der Waals surface area contributed by atoms with Gasteiger partial charge in [0, 0.05) is 54.5 Å². The second kappa shape index (κ2) is 12.0. The summed E-state index contributed by atoms with van der Waals surface area (Å²) in [4.78, 5) is 2.48. The molecule has 0 aliphatic rings. The lowest BCUT2D eigenvalue weighted by molar-refractivity contribution is 0.591. The van der Waals surface area contributed by atoms with Gasteiger partial charge in [-0.05, 0) is 123 Å². The van der Waals surface area contributed by atoms with Crippen LogP contribution < -0.4 is 4.90 Å². The van der Waals surface area contributed by atoms with Crippen LogP contribution in [0.1, 0.15) is 79.0 Å². The molecular formula is C58H51N3. The summed E-state index contributed by atoms with van der Waals surface area (Å²) in [6.45, 7) is 21.1. The maximum atomic E-state index is 2.63. The SMILES string of the molecule is CC(C)(C)c1cc(N(c2ccccc2)c2ccccc2)c2c(c1)c1cc(C(C)(C)C)cc3c4cc5c(cc4n2c31)c1cc(C(C)(C)C)cc2c3c4ccccc4ccc3n5c12. The van der Waals surface area contributed by atoms with Crippen molar-refractivity contribution in [3.63, 3.8) is 0 Å². The van der Waals surface area contributed by atoms with E-state index >= 15 is 0 Å². The van der Waals surface area contributed by atoms with Crippen LogP contribution in [0.15, 0.2) is 146 Å². The molecular weight excluding hydrogens is 739 g/mol. The number of benzene rings is 8. The fourth-order valence-electron chi connectivity index (χ4n) is 10.5. The zero-order valence-electron chi connectivity index (χ0n) is 36.7. The number of hydrogen-bond acceptors (Lipinski definition) is 1. The number of fused-ring (bicyclic) bond motifs is 14. The molecule has 0 atom stereocenters. The third-order valence-electron chi connectivity index (χ3n) is 13.7. The summed E-state index contributed by atoms with van der Waals surface area (Å²) in [6.07, 6.45) is 0. The lowest BCUT2D eigenvalue weighted by atomic mass is 9.84. The first-order valence-electron chi connectivity index (χ1n) is 21.9. The predicted octanol–water partition coefficient (Wildman–Crippen LogP) is 16.5. The van der Waals surface area contributed by atoms with E-state index in [-0.39, 0.29) is 16.2 Å². The van der Waals surface area contributed by atoms with Crippen LogP contribution in [0.25, 0.3) is 87.0 Å². The van der Waals surface area contributed by atoms with Crippen molar-refractivity contribution in [2.45, 2.75) is 78.6 Å². The Hall–Kier alpha value is -6.58. The molecule has 0 bridgehead atoms. The van der Waals surface area contributed by atoms with Crippen LogP contribution >= 0.6 is 0 Å². The van der Waals surface area contributed by atoms with Crippen LogP contribution in [-0.2, 0) is 16.2 Å². The Labute approximate surface area is 357 Å². The Balaban J connectivity index is 1.32. The smallest absolute Gasteiger partial charge is 0.0783 e. The molecule has 4 aromatic heterocycles. The average Bonchev–Trinajstić information content (AvgIpc) is 3.95. The van der Waals surface area contributed by atoms with Gasteiger partial charge in [0.2, 0.25) is 0 Å². The molecule has 0 spiro atoms. The Kier molecular flexibility index (Phi) is 7.16. The maximum absolute atomic E-state index is 2.63. The summed E-state index contributed by atoms with van der Waals surface area (Å²) in [6, 6.07) is 55.4. The highest BCUT2D eigenvalue weighted by molar-refractivity contribution is 6.32. The van der Waals surface area contributed by atoms with Gasteiger partial charge in [0.25, 0.3) is 0 Å². The Bertz CT molecular complexity index is 3690. The molecule has 3 heteroatoms. The Morgan fingerprint density at radius 3 is 1.34 bits per heavy atom. The van der Waals surface area contributed by atoms with Crippen molar-refractivity contribution < 1.29 is 0 Å². The molecule has 8 aromatic carbocycles. The van der Waals surface area contributed by atoms with Gasteiger partial charge in [-0.3, -0.25) is 0 Å². The highest BCUT2D eigenvalue weighted by atomic mass is 15.2. The molecule has 0 saturated heterocycles. The highest BCUT2D eigenvalue weighted by Gasteiger charge is 2.30. The lowest BCUT2D eigenvalue weighted by Gasteiger charge is -2.29. The quantitative estimate of drug-likeness (QED) is 0.174. The minimum atomic E-state index is -0.0747. The molecule has 0 aliphatic heterocycles. The molecule has 61 heavy (non-hydrogen) atoms. The van der Waals surface area contributed by atoms with Crippen LogP contribution in [0.3, 0.4) is 0 Å². The molecule has 0 N–H and O–H groups in total. The molecule has 0 unspecified atom stereocenters. The monoisotopic (exact) mass is 789 g/mol. The van der Waals surface area contributed by atoms with E-state index in [0.29, 0.717) is 0 Å². The van der Waals surface area contributed by atoms with Crippen molar-refractivity contribution in [1.82, 2.24) is 8.80 Å². The van der Waals surface area contributed by atoms with E-state index < -0.39 is 0 Å². The van der Waals surface area contributed by atoms with E-state index in [1.54, 1.807) is 0 Å². The first-order chi connectivity index (χ1) is 29.2. The molecule has 0 amide bonds. The van der Waals surface area contributed by atoms with Gasteiger partial charge in [-0.25, -0.2) is 0 Å². The van der Waals surface area contributed by atoms with Gasteiger partial charge >= 0.3 is 0 Å². The van der Waals surface area contributed by atoms with Gasteiger partial charge in [-0.2, -0.15) is 0 Å². The molecule has 12 rings (SSSR count). The van der Waals surface area contributed by atoms with Crippen LogP contribution in [-0.4, -0.2) is 8.80 Å². The van der Waals surface area contributed by atoms with Gasteiger partial charge in [0.15, 0.2) is 0 Å². The van der Waals surface area contributed by atoms with Crippen LogP contribution in [0, 0.1) is 0 Å². The number of nitrogens with zero attached hydrogens (tertiary/aromatic N) is 3. The van der Waals surface area contributed by atoms with Crippen molar-refractivity contribution in [3.05, 3.63) is 162 Å². The Morgan fingerprint density at radius 1 is 0.344 bits per heavy atom. The lowest BCUT2D eigenvalue weighted by Crippen LogP contribution is -2.15. The molecule has 0 aliphatic carbocycles. The number of rotatable bonds is 3. The van der Waals surface area contributed by atoms with Crippen molar-refractivity contribution in [3.8, 4) is 0 Å². The highest BCUT2D eigenvalue weighted by Crippen LogP contribution is 2.51. The van der Waals surface area contributed by atoms with Gasteiger partial charge in [-0.15, -0.1) is 0 Å². The standard InChI is InChI=1S/C58H51N3/c1-56(2,3)35-26-43-42-32-49-41(44-27-36(57(4,5)6)30-47-52-40-23-17-16-18-34(40)24-25-48(52)60(49)54(44)47)33-50(42)61-53(43)45(28-35)46-29-37(58(7,8)9)31-51(55(46)61)59(38-19-12-10-13-20-38)39-21-14-11-15-22-39/h10-33H,1-9H3. The topological polar surface area (TPSA) is 12.1 Å². The minimum absolute atomic E-state index is 0.0242. The van der Waals surface area contributed by atoms with Crippen molar-refractivity contribution in [2.24, 2.45) is 0 Å². The van der Waals surface area contributed by atoms with Crippen molar-refractivity contribution in [2.75, 3.05) is 4.90 Å². The van der Waals surface area contributed by atoms with Gasteiger partial charge in [0.1, 0.15) is 0 Å². The zero-order valence-corrected chi connectivity index (χ0v) is 36.7. The van der Waals surface area contributed by atoms with Gasteiger partial charge < -0.3 is 13.7 Å². The van der Waals surface area contributed by atoms with Crippen molar-refractivity contribution in [1.29, 1.82) is 0 Å². The second-order valence-electron chi connectivity index (χ2n) is 20.7.